The van der Waals surface area contributed by atoms with E-state index < -0.39 is 0 Å². The van der Waals surface area contributed by atoms with Gasteiger partial charge in [0.15, 0.2) is 0 Å². The zero-order chi connectivity index (χ0) is 6.57. The van der Waals surface area contributed by atoms with E-state index in [1.165, 1.54) is 0 Å². The standard InChI is InChI=1S/C6H15NO.Co/c1-5(2)3-6(7)4-8;/h5-6,8H,3-4,7H2,1-2H3;. The second-order valence-electron chi connectivity index (χ2n) is 2.57. The molecule has 0 saturated heterocycles. The molecule has 0 amide bonds. The van der Waals surface area contributed by atoms with Gasteiger partial charge in [-0.1, -0.05) is 13.8 Å². The normalized spacial score (nSPS) is 13.0. The number of hydrogen-bond acceptors (Lipinski definition) is 2. The molecule has 59 valence electrons. The van der Waals surface area contributed by atoms with Crippen LogP contribution in [0.5, 0.6) is 0 Å². The summed E-state index contributed by atoms with van der Waals surface area (Å²) in [5.74, 6) is 0.595. The third-order valence-corrected chi connectivity index (χ3v) is 1.01. The molecule has 2 nitrogen and oxygen atoms in total. The van der Waals surface area contributed by atoms with Crippen LogP contribution in [0.2, 0.25) is 0 Å². The van der Waals surface area contributed by atoms with Crippen LogP contribution in [0.4, 0.5) is 0 Å². The maximum atomic E-state index is 8.46. The summed E-state index contributed by atoms with van der Waals surface area (Å²) in [6.45, 7) is 4.29. The van der Waals surface area contributed by atoms with E-state index in [-0.39, 0.29) is 29.4 Å². The van der Waals surface area contributed by atoms with Crippen molar-refractivity contribution in [2.75, 3.05) is 6.61 Å². The fourth-order valence-corrected chi connectivity index (χ4v) is 0.680. The van der Waals surface area contributed by atoms with Crippen LogP contribution in [0.3, 0.4) is 0 Å². The molecule has 0 bridgehead atoms. The molecule has 3 N–H and O–H groups in total. The van der Waals surface area contributed by atoms with Crippen LogP contribution in [0.15, 0.2) is 0 Å². The molecule has 0 rings (SSSR count). The van der Waals surface area contributed by atoms with E-state index >= 15 is 0 Å². The monoisotopic (exact) mass is 176 g/mol. The number of aliphatic hydroxyl groups excluding tert-OH is 1. The van der Waals surface area contributed by atoms with E-state index in [9.17, 15) is 0 Å². The van der Waals surface area contributed by atoms with Crippen molar-refractivity contribution in [2.24, 2.45) is 11.7 Å². The summed E-state index contributed by atoms with van der Waals surface area (Å²) in [4.78, 5) is 0. The minimum atomic E-state index is -0.0185. The van der Waals surface area contributed by atoms with Gasteiger partial charge < -0.3 is 10.8 Å². The maximum Gasteiger partial charge on any atom is 0.0582 e. The minimum Gasteiger partial charge on any atom is -0.395 e. The second kappa shape index (κ2) is 6.55. The number of nitrogens with two attached hydrogens (primary N) is 1. The maximum absolute atomic E-state index is 8.46. The van der Waals surface area contributed by atoms with E-state index in [1.807, 2.05) is 0 Å². The largest absolute Gasteiger partial charge is 0.395 e. The Kier molecular flexibility index (Phi) is 8.83. The van der Waals surface area contributed by atoms with Crippen molar-refractivity contribution < 1.29 is 21.9 Å². The van der Waals surface area contributed by atoms with Crippen LogP contribution in [0.25, 0.3) is 0 Å². The van der Waals surface area contributed by atoms with Gasteiger partial charge in [0.05, 0.1) is 6.61 Å². The van der Waals surface area contributed by atoms with Gasteiger partial charge >= 0.3 is 0 Å². The van der Waals surface area contributed by atoms with Crippen molar-refractivity contribution in [1.29, 1.82) is 0 Å². The predicted octanol–water partition coefficient (Wildman–Crippen LogP) is 0.350. The molecule has 0 spiro atoms. The molecule has 1 radical (unpaired) electrons. The number of rotatable bonds is 3. The summed E-state index contributed by atoms with van der Waals surface area (Å²) in [7, 11) is 0. The van der Waals surface area contributed by atoms with Crippen LogP contribution in [-0.4, -0.2) is 17.8 Å². The summed E-state index contributed by atoms with van der Waals surface area (Å²) in [5.41, 5.74) is 5.42. The molecule has 0 aliphatic carbocycles. The van der Waals surface area contributed by atoms with Gasteiger partial charge in [0.2, 0.25) is 0 Å². The van der Waals surface area contributed by atoms with Gasteiger partial charge in [0.1, 0.15) is 0 Å². The van der Waals surface area contributed by atoms with Crippen molar-refractivity contribution in [3.63, 3.8) is 0 Å². The van der Waals surface area contributed by atoms with E-state index in [0.29, 0.717) is 5.92 Å². The van der Waals surface area contributed by atoms with E-state index in [1.54, 1.807) is 0 Å². The van der Waals surface area contributed by atoms with Gasteiger partial charge in [0, 0.05) is 22.8 Å². The van der Waals surface area contributed by atoms with E-state index in [4.69, 9.17) is 10.8 Å². The summed E-state index contributed by atoms with van der Waals surface area (Å²) < 4.78 is 0. The Balaban J connectivity index is 0. The smallest absolute Gasteiger partial charge is 0.0582 e. The molecule has 0 saturated carbocycles. The van der Waals surface area contributed by atoms with Crippen molar-refractivity contribution >= 4 is 0 Å². The summed E-state index contributed by atoms with van der Waals surface area (Å²) >= 11 is 0. The average Bonchev–Trinajstić information content (AvgIpc) is 1.65. The van der Waals surface area contributed by atoms with Gasteiger partial charge in [0.25, 0.3) is 0 Å². The zero-order valence-electron chi connectivity index (χ0n) is 5.93. The van der Waals surface area contributed by atoms with Crippen LogP contribution in [0, 0.1) is 5.92 Å². The molecule has 0 aromatic heterocycles. The number of aliphatic hydroxyl groups is 1. The fourth-order valence-electron chi connectivity index (χ4n) is 0.680. The molecular weight excluding hydrogens is 161 g/mol. The first kappa shape index (κ1) is 12.1. The molecular formula is C6H15CoNO. The van der Waals surface area contributed by atoms with Crippen LogP contribution < -0.4 is 5.73 Å². The third kappa shape index (κ3) is 8.43. The Morgan fingerprint density at radius 2 is 1.89 bits per heavy atom. The quantitative estimate of drug-likeness (QED) is 0.651. The Morgan fingerprint density at radius 3 is 2.00 bits per heavy atom. The van der Waals surface area contributed by atoms with Crippen molar-refractivity contribution in [1.82, 2.24) is 0 Å². The van der Waals surface area contributed by atoms with Gasteiger partial charge in [-0.25, -0.2) is 0 Å². The fraction of sp³-hybridized carbons (Fsp3) is 1.00. The Hall–Kier alpha value is 0.426. The first-order chi connectivity index (χ1) is 3.66. The SMILES string of the molecule is CC(C)CC(N)CO.[Co]. The number of hydrogen-bond donors (Lipinski definition) is 2. The van der Waals surface area contributed by atoms with Crippen molar-refractivity contribution in [3.8, 4) is 0 Å². The summed E-state index contributed by atoms with van der Waals surface area (Å²) in [6.07, 6.45) is 0.913. The van der Waals surface area contributed by atoms with Crippen LogP contribution >= 0.6 is 0 Å². The van der Waals surface area contributed by atoms with Gasteiger partial charge in [-0.2, -0.15) is 0 Å². The molecule has 1 atom stereocenters. The van der Waals surface area contributed by atoms with Crippen molar-refractivity contribution in [2.45, 2.75) is 26.3 Å². The molecule has 0 heterocycles. The van der Waals surface area contributed by atoms with Crippen LogP contribution in [-0.2, 0) is 16.8 Å². The molecule has 9 heavy (non-hydrogen) atoms. The summed E-state index contributed by atoms with van der Waals surface area (Å²) in [6, 6.07) is -0.0185. The first-order valence-corrected chi connectivity index (χ1v) is 3.03. The molecule has 3 heteroatoms. The summed E-state index contributed by atoms with van der Waals surface area (Å²) in [5, 5.41) is 8.46. The second-order valence-corrected chi connectivity index (χ2v) is 2.57. The first-order valence-electron chi connectivity index (χ1n) is 3.03. The molecule has 0 aliphatic rings. The molecule has 0 fully saturated rings. The molecule has 1 unspecified atom stereocenters. The van der Waals surface area contributed by atoms with E-state index in [2.05, 4.69) is 13.8 Å². The van der Waals surface area contributed by atoms with Gasteiger partial charge in [-0.05, 0) is 12.3 Å². The van der Waals surface area contributed by atoms with Crippen LogP contribution in [0.1, 0.15) is 20.3 Å². The van der Waals surface area contributed by atoms with Gasteiger partial charge in [-0.3, -0.25) is 0 Å². The van der Waals surface area contributed by atoms with Gasteiger partial charge in [-0.15, -0.1) is 0 Å². The Labute approximate surface area is 67.0 Å². The third-order valence-electron chi connectivity index (χ3n) is 1.01. The minimum absolute atomic E-state index is 0. The van der Waals surface area contributed by atoms with Crippen molar-refractivity contribution in [3.05, 3.63) is 0 Å². The Bertz CT molecular complexity index is 59.0. The molecule has 0 aliphatic heterocycles. The Morgan fingerprint density at radius 1 is 1.44 bits per heavy atom. The molecule has 0 aromatic rings. The predicted molar refractivity (Wildman–Crippen MR) is 34.5 cm³/mol. The zero-order valence-corrected chi connectivity index (χ0v) is 6.97. The van der Waals surface area contributed by atoms with E-state index in [0.717, 1.165) is 6.42 Å². The molecule has 0 aromatic carbocycles. The average molecular weight is 176 g/mol. The topological polar surface area (TPSA) is 46.2 Å².